The maximum atomic E-state index is 9.31. The van der Waals surface area contributed by atoms with Crippen molar-refractivity contribution in [3.8, 4) is 5.75 Å². The molecule has 1 aromatic rings. The van der Waals surface area contributed by atoms with Crippen LogP contribution in [0.4, 0.5) is 5.69 Å². The molecular weight excluding hydrogens is 162 g/mol. The standard InChI is InChI=1S/C11H15NO/c1-7-11(2,3)9-5-4-8(13)6-10(9)12-7/h4-7,12-13H,1-3H3. The summed E-state index contributed by atoms with van der Waals surface area (Å²) in [5.74, 6) is 0.330. The topological polar surface area (TPSA) is 32.3 Å². The molecule has 2 rings (SSSR count). The van der Waals surface area contributed by atoms with Crippen molar-refractivity contribution in [1.29, 1.82) is 0 Å². The maximum Gasteiger partial charge on any atom is 0.117 e. The summed E-state index contributed by atoms with van der Waals surface area (Å²) in [6, 6.07) is 5.96. The first-order valence-corrected chi connectivity index (χ1v) is 4.62. The molecule has 1 unspecified atom stereocenters. The zero-order valence-electron chi connectivity index (χ0n) is 8.26. The van der Waals surface area contributed by atoms with Crippen LogP contribution >= 0.6 is 0 Å². The fourth-order valence-electron chi connectivity index (χ4n) is 1.86. The second-order valence-corrected chi connectivity index (χ2v) is 4.32. The average Bonchev–Trinajstić information content (AvgIpc) is 2.23. The molecule has 1 heterocycles. The van der Waals surface area contributed by atoms with Gasteiger partial charge in [0.25, 0.3) is 0 Å². The molecule has 0 aliphatic carbocycles. The SMILES string of the molecule is CC1Nc2cc(O)ccc2C1(C)C. The first kappa shape index (κ1) is 8.42. The van der Waals surface area contributed by atoms with E-state index in [9.17, 15) is 5.11 Å². The van der Waals surface area contributed by atoms with Gasteiger partial charge in [-0.05, 0) is 18.6 Å². The van der Waals surface area contributed by atoms with E-state index < -0.39 is 0 Å². The lowest BCUT2D eigenvalue weighted by molar-refractivity contribution is 0.473. The van der Waals surface area contributed by atoms with Crippen molar-refractivity contribution in [1.82, 2.24) is 0 Å². The van der Waals surface area contributed by atoms with Gasteiger partial charge in [0.1, 0.15) is 5.75 Å². The lowest BCUT2D eigenvalue weighted by Crippen LogP contribution is -2.29. The molecule has 1 aliphatic rings. The van der Waals surface area contributed by atoms with Gasteiger partial charge in [0.2, 0.25) is 0 Å². The van der Waals surface area contributed by atoms with Gasteiger partial charge < -0.3 is 10.4 Å². The van der Waals surface area contributed by atoms with Crippen LogP contribution < -0.4 is 5.32 Å². The number of anilines is 1. The Kier molecular flexibility index (Phi) is 1.56. The Morgan fingerprint density at radius 3 is 2.77 bits per heavy atom. The largest absolute Gasteiger partial charge is 0.508 e. The quantitative estimate of drug-likeness (QED) is 0.638. The summed E-state index contributed by atoms with van der Waals surface area (Å²) in [4.78, 5) is 0. The number of benzene rings is 1. The highest BCUT2D eigenvalue weighted by Gasteiger charge is 2.36. The molecule has 13 heavy (non-hydrogen) atoms. The second-order valence-electron chi connectivity index (χ2n) is 4.32. The summed E-state index contributed by atoms with van der Waals surface area (Å²) in [6.45, 7) is 6.60. The first-order chi connectivity index (χ1) is 6.01. The van der Waals surface area contributed by atoms with Crippen molar-refractivity contribution < 1.29 is 5.11 Å². The predicted octanol–water partition coefficient (Wildman–Crippen LogP) is 2.48. The molecule has 2 N–H and O–H groups in total. The second kappa shape index (κ2) is 2.41. The number of phenolic OH excluding ortho intramolecular Hbond substituents is 1. The number of nitrogens with one attached hydrogen (secondary N) is 1. The van der Waals surface area contributed by atoms with Crippen molar-refractivity contribution in [2.45, 2.75) is 32.2 Å². The van der Waals surface area contributed by atoms with Gasteiger partial charge in [-0.15, -0.1) is 0 Å². The van der Waals surface area contributed by atoms with E-state index >= 15 is 0 Å². The molecule has 0 fully saturated rings. The van der Waals surface area contributed by atoms with Crippen molar-refractivity contribution in [2.24, 2.45) is 0 Å². The minimum atomic E-state index is 0.156. The molecule has 2 heteroatoms. The van der Waals surface area contributed by atoms with Gasteiger partial charge in [0.05, 0.1) is 0 Å². The van der Waals surface area contributed by atoms with E-state index in [4.69, 9.17) is 0 Å². The molecule has 0 saturated carbocycles. The number of fused-ring (bicyclic) bond motifs is 1. The molecule has 0 saturated heterocycles. The fraction of sp³-hybridized carbons (Fsp3) is 0.455. The van der Waals surface area contributed by atoms with E-state index in [0.29, 0.717) is 11.8 Å². The average molecular weight is 177 g/mol. The van der Waals surface area contributed by atoms with Crippen molar-refractivity contribution >= 4 is 5.69 Å². The highest BCUT2D eigenvalue weighted by atomic mass is 16.3. The lowest BCUT2D eigenvalue weighted by atomic mass is 9.81. The smallest absolute Gasteiger partial charge is 0.117 e. The van der Waals surface area contributed by atoms with E-state index in [1.165, 1.54) is 5.56 Å². The highest BCUT2D eigenvalue weighted by molar-refractivity contribution is 5.63. The Hall–Kier alpha value is -1.18. The molecule has 0 aromatic heterocycles. The first-order valence-electron chi connectivity index (χ1n) is 4.62. The van der Waals surface area contributed by atoms with Crippen LogP contribution in [-0.4, -0.2) is 11.1 Å². The Morgan fingerprint density at radius 1 is 1.38 bits per heavy atom. The van der Waals surface area contributed by atoms with Crippen molar-refractivity contribution in [3.05, 3.63) is 23.8 Å². The van der Waals surface area contributed by atoms with Crippen LogP contribution in [0.2, 0.25) is 0 Å². The van der Waals surface area contributed by atoms with Crippen LogP contribution in [0.5, 0.6) is 5.75 Å². The van der Waals surface area contributed by atoms with Gasteiger partial charge in [-0.1, -0.05) is 19.9 Å². The Balaban J connectivity index is 2.55. The van der Waals surface area contributed by atoms with Gasteiger partial charge in [-0.25, -0.2) is 0 Å². The third kappa shape index (κ3) is 1.09. The lowest BCUT2D eigenvalue weighted by Gasteiger charge is -2.23. The Bertz CT molecular complexity index is 344. The van der Waals surface area contributed by atoms with Gasteiger partial charge in [-0.2, -0.15) is 0 Å². The fourth-order valence-corrected chi connectivity index (χ4v) is 1.86. The summed E-state index contributed by atoms with van der Waals surface area (Å²) in [6.07, 6.45) is 0. The van der Waals surface area contributed by atoms with Crippen LogP contribution in [0, 0.1) is 0 Å². The zero-order chi connectivity index (χ0) is 9.64. The molecule has 0 amide bonds. The summed E-state index contributed by atoms with van der Waals surface area (Å²) in [7, 11) is 0. The molecule has 1 aliphatic heterocycles. The third-order valence-electron chi connectivity index (χ3n) is 3.15. The van der Waals surface area contributed by atoms with Gasteiger partial charge in [0, 0.05) is 23.2 Å². The van der Waals surface area contributed by atoms with E-state index in [1.807, 2.05) is 6.07 Å². The van der Waals surface area contributed by atoms with E-state index in [1.54, 1.807) is 12.1 Å². The van der Waals surface area contributed by atoms with Crippen molar-refractivity contribution in [2.75, 3.05) is 5.32 Å². The van der Waals surface area contributed by atoms with E-state index in [0.717, 1.165) is 5.69 Å². The molecule has 70 valence electrons. The number of phenols is 1. The normalized spacial score (nSPS) is 23.8. The van der Waals surface area contributed by atoms with Crippen LogP contribution in [0.3, 0.4) is 0 Å². The van der Waals surface area contributed by atoms with Gasteiger partial charge in [0.15, 0.2) is 0 Å². The zero-order valence-corrected chi connectivity index (χ0v) is 8.26. The van der Waals surface area contributed by atoms with E-state index in [2.05, 4.69) is 26.1 Å². The van der Waals surface area contributed by atoms with Crippen LogP contribution in [0.15, 0.2) is 18.2 Å². The number of aromatic hydroxyl groups is 1. The molecule has 2 nitrogen and oxygen atoms in total. The molecular formula is C11H15NO. The summed E-state index contributed by atoms with van der Waals surface area (Å²) >= 11 is 0. The van der Waals surface area contributed by atoms with Crippen LogP contribution in [0.25, 0.3) is 0 Å². The number of hydrogen-bond donors (Lipinski definition) is 2. The summed E-state index contributed by atoms with van der Waals surface area (Å²) in [5, 5.41) is 12.7. The number of rotatable bonds is 0. The highest BCUT2D eigenvalue weighted by Crippen LogP contribution is 2.41. The van der Waals surface area contributed by atoms with Crippen LogP contribution in [-0.2, 0) is 5.41 Å². The monoisotopic (exact) mass is 177 g/mol. The molecule has 1 aromatic carbocycles. The maximum absolute atomic E-state index is 9.31. The van der Waals surface area contributed by atoms with Gasteiger partial charge >= 0.3 is 0 Å². The third-order valence-corrected chi connectivity index (χ3v) is 3.15. The summed E-state index contributed by atoms with van der Waals surface area (Å²) < 4.78 is 0. The summed E-state index contributed by atoms with van der Waals surface area (Å²) in [5.41, 5.74) is 2.51. The van der Waals surface area contributed by atoms with Crippen LogP contribution in [0.1, 0.15) is 26.3 Å². The minimum absolute atomic E-state index is 0.156. The van der Waals surface area contributed by atoms with Gasteiger partial charge in [-0.3, -0.25) is 0 Å². The molecule has 1 atom stereocenters. The van der Waals surface area contributed by atoms with Crippen molar-refractivity contribution in [3.63, 3.8) is 0 Å². The molecule has 0 radical (unpaired) electrons. The minimum Gasteiger partial charge on any atom is -0.508 e. The predicted molar refractivity (Wildman–Crippen MR) is 54.2 cm³/mol. The number of hydrogen-bond acceptors (Lipinski definition) is 2. The molecule has 0 spiro atoms. The Morgan fingerprint density at radius 2 is 2.08 bits per heavy atom. The van der Waals surface area contributed by atoms with E-state index in [-0.39, 0.29) is 5.41 Å². The molecule has 0 bridgehead atoms. The Labute approximate surface area is 78.6 Å².